The molecule has 0 N–H and O–H groups in total. The molecule has 1 fully saturated rings. The van der Waals surface area contributed by atoms with Gasteiger partial charge in [0.05, 0.1) is 18.5 Å². The quantitative estimate of drug-likeness (QED) is 0.531. The summed E-state index contributed by atoms with van der Waals surface area (Å²) in [6.45, 7) is 0.464. The molecule has 0 aromatic heterocycles. The summed E-state index contributed by atoms with van der Waals surface area (Å²) in [5.41, 5.74) is 1.31. The summed E-state index contributed by atoms with van der Waals surface area (Å²) in [5.74, 6) is 0. The average Bonchev–Trinajstić information content (AvgIpc) is 2.93. The predicted molar refractivity (Wildman–Crippen MR) is 72.3 cm³/mol. The molecular weight excluding hydrogens is 336 g/mol. The summed E-state index contributed by atoms with van der Waals surface area (Å²) < 4.78 is 0.378. The summed E-state index contributed by atoms with van der Waals surface area (Å²) in [6.07, 6.45) is 5.20. The van der Waals surface area contributed by atoms with E-state index in [-0.39, 0.29) is 10.0 Å². The number of amidine groups is 1. The summed E-state index contributed by atoms with van der Waals surface area (Å²) in [6, 6.07) is -0.316. The normalized spacial score (nSPS) is 32.8. The second-order valence-corrected chi connectivity index (χ2v) is 5.72. The van der Waals surface area contributed by atoms with E-state index in [1.165, 1.54) is 4.90 Å². The molecule has 1 amide bonds. The zero-order valence-electron chi connectivity index (χ0n) is 9.79. The Labute approximate surface area is 123 Å². The number of quaternary nitrogens is 1. The SMILES string of the molecule is O=C([O-])N1CCCC1C1=C2C=NC=C[N+]2(Cl)C(Br)=N1. The van der Waals surface area contributed by atoms with Gasteiger partial charge in [0.15, 0.2) is 11.8 Å². The van der Waals surface area contributed by atoms with Crippen molar-refractivity contribution in [1.29, 1.82) is 0 Å². The standard InChI is InChI=1S/C11H10BrClN4O2/c12-10-15-9(7-2-1-4-16(7)11(18)19)8-6-14-3-5-17(8,10)13/h3,5-7H,1-2,4H2. The van der Waals surface area contributed by atoms with Crippen LogP contribution >= 0.6 is 27.7 Å². The molecule has 0 spiro atoms. The number of aliphatic imine (C=N–C) groups is 2. The van der Waals surface area contributed by atoms with Gasteiger partial charge in [-0.2, -0.15) is 4.99 Å². The monoisotopic (exact) mass is 344 g/mol. The molecule has 1 saturated heterocycles. The Morgan fingerprint density at radius 1 is 1.63 bits per heavy atom. The van der Waals surface area contributed by atoms with Gasteiger partial charge in [-0.15, -0.1) is 4.00 Å². The lowest BCUT2D eigenvalue weighted by atomic mass is 10.1. The first kappa shape index (κ1) is 12.8. The number of hydrogen-bond donors (Lipinski definition) is 0. The second-order valence-electron chi connectivity index (χ2n) is 4.48. The molecule has 19 heavy (non-hydrogen) atoms. The van der Waals surface area contributed by atoms with Gasteiger partial charge < -0.3 is 14.8 Å². The van der Waals surface area contributed by atoms with Crippen molar-refractivity contribution in [3.05, 3.63) is 23.8 Å². The maximum Gasteiger partial charge on any atom is 0.300 e. The van der Waals surface area contributed by atoms with Gasteiger partial charge in [0.2, 0.25) is 5.70 Å². The molecule has 3 aliphatic heterocycles. The lowest BCUT2D eigenvalue weighted by molar-refractivity contribution is -0.595. The van der Waals surface area contributed by atoms with Crippen molar-refractivity contribution >= 4 is 44.8 Å². The summed E-state index contributed by atoms with van der Waals surface area (Å²) in [7, 11) is 0. The van der Waals surface area contributed by atoms with Crippen LogP contribution < -0.4 is 5.11 Å². The number of rotatable bonds is 1. The third-order valence-corrected chi connectivity index (χ3v) is 4.85. The predicted octanol–water partition coefficient (Wildman–Crippen LogP) is 1.30. The molecule has 6 nitrogen and oxygen atoms in total. The van der Waals surface area contributed by atoms with Crippen molar-refractivity contribution in [3.8, 4) is 0 Å². The van der Waals surface area contributed by atoms with Gasteiger partial charge in [-0.1, -0.05) is 0 Å². The summed E-state index contributed by atoms with van der Waals surface area (Å²) in [5, 5.41) is 11.1. The van der Waals surface area contributed by atoms with E-state index in [0.717, 1.165) is 6.42 Å². The van der Waals surface area contributed by atoms with Crippen molar-refractivity contribution in [2.75, 3.05) is 6.54 Å². The number of likely N-dealkylation sites (tertiary alicyclic amines) is 1. The fraction of sp³-hybridized carbons (Fsp3) is 0.364. The van der Waals surface area contributed by atoms with Crippen LogP contribution in [0.25, 0.3) is 0 Å². The highest BCUT2D eigenvalue weighted by Crippen LogP contribution is 2.40. The van der Waals surface area contributed by atoms with Gasteiger partial charge in [0.25, 0.3) is 4.74 Å². The van der Waals surface area contributed by atoms with Crippen molar-refractivity contribution in [2.24, 2.45) is 9.98 Å². The highest BCUT2D eigenvalue weighted by atomic mass is 79.9. The van der Waals surface area contributed by atoms with Gasteiger partial charge in [-0.25, -0.2) is 0 Å². The van der Waals surface area contributed by atoms with Crippen LogP contribution in [0.5, 0.6) is 0 Å². The molecule has 2 atom stereocenters. The number of carbonyl (C=O) groups is 1. The molecule has 0 saturated carbocycles. The number of amides is 1. The summed E-state index contributed by atoms with van der Waals surface area (Å²) in [4.78, 5) is 20.9. The van der Waals surface area contributed by atoms with Crippen LogP contribution in [-0.2, 0) is 0 Å². The van der Waals surface area contributed by atoms with Crippen molar-refractivity contribution < 1.29 is 13.9 Å². The van der Waals surface area contributed by atoms with Gasteiger partial charge >= 0.3 is 0 Å². The van der Waals surface area contributed by atoms with Gasteiger partial charge in [0.1, 0.15) is 18.0 Å². The van der Waals surface area contributed by atoms with Gasteiger partial charge in [-0.3, -0.25) is 4.99 Å². The van der Waals surface area contributed by atoms with Crippen LogP contribution in [0.1, 0.15) is 12.8 Å². The lowest BCUT2D eigenvalue weighted by Gasteiger charge is -2.27. The fourth-order valence-electron chi connectivity index (χ4n) is 2.55. The minimum atomic E-state index is -1.18. The topological polar surface area (TPSA) is 68.1 Å². The van der Waals surface area contributed by atoms with Crippen LogP contribution in [0.15, 0.2) is 33.8 Å². The van der Waals surface area contributed by atoms with E-state index >= 15 is 0 Å². The Bertz CT molecular complexity index is 571. The first-order chi connectivity index (χ1) is 9.04. The maximum atomic E-state index is 11.1. The second kappa shape index (κ2) is 4.43. The van der Waals surface area contributed by atoms with E-state index in [4.69, 9.17) is 11.8 Å². The minimum Gasteiger partial charge on any atom is -0.530 e. The molecule has 0 aliphatic carbocycles. The Morgan fingerprint density at radius 2 is 2.42 bits per heavy atom. The average molecular weight is 346 g/mol. The van der Waals surface area contributed by atoms with Crippen LogP contribution in [0.3, 0.4) is 0 Å². The Balaban J connectivity index is 2.05. The van der Waals surface area contributed by atoms with Crippen molar-refractivity contribution in [1.82, 2.24) is 4.90 Å². The zero-order valence-corrected chi connectivity index (χ0v) is 12.1. The minimum absolute atomic E-state index is 0.129. The van der Waals surface area contributed by atoms with Crippen LogP contribution in [0, 0.1) is 0 Å². The molecule has 0 bridgehead atoms. The fourth-order valence-corrected chi connectivity index (χ4v) is 3.26. The molecule has 100 valence electrons. The number of halogens is 2. The molecule has 0 aromatic carbocycles. The van der Waals surface area contributed by atoms with E-state index in [1.54, 1.807) is 18.6 Å². The van der Waals surface area contributed by atoms with E-state index in [2.05, 4.69) is 25.9 Å². The van der Waals surface area contributed by atoms with Gasteiger partial charge in [-0.05, 0) is 12.8 Å². The Kier molecular flexibility index (Phi) is 2.99. The zero-order chi connectivity index (χ0) is 13.6. The van der Waals surface area contributed by atoms with Gasteiger partial charge in [0, 0.05) is 22.5 Å². The molecule has 2 unspecified atom stereocenters. The third-order valence-electron chi connectivity index (χ3n) is 3.45. The number of carboxylic acid groups (broad SMARTS) is 1. The first-order valence-corrected chi connectivity index (χ1v) is 6.93. The van der Waals surface area contributed by atoms with E-state index in [1.807, 2.05) is 0 Å². The molecule has 3 rings (SSSR count). The lowest BCUT2D eigenvalue weighted by Crippen LogP contribution is -2.45. The summed E-state index contributed by atoms with van der Waals surface area (Å²) >= 11 is 9.80. The number of fused-ring (bicyclic) bond motifs is 1. The Morgan fingerprint density at radius 3 is 3.16 bits per heavy atom. The number of allylic oxidation sites excluding steroid dienone is 1. The van der Waals surface area contributed by atoms with Crippen LogP contribution in [0.4, 0.5) is 4.79 Å². The highest BCUT2D eigenvalue weighted by molar-refractivity contribution is 9.18. The largest absolute Gasteiger partial charge is 0.530 e. The third kappa shape index (κ3) is 1.84. The van der Waals surface area contributed by atoms with E-state index < -0.39 is 6.09 Å². The van der Waals surface area contributed by atoms with Crippen LogP contribution in [-0.4, -0.2) is 38.5 Å². The maximum absolute atomic E-state index is 11.1. The molecule has 3 aliphatic rings. The van der Waals surface area contributed by atoms with E-state index in [0.29, 0.717) is 29.1 Å². The molecule has 8 heteroatoms. The first-order valence-electron chi connectivity index (χ1n) is 5.80. The number of nitrogens with zero attached hydrogens (tertiary/aromatic N) is 4. The van der Waals surface area contributed by atoms with Crippen molar-refractivity contribution in [2.45, 2.75) is 18.9 Å². The highest BCUT2D eigenvalue weighted by Gasteiger charge is 2.47. The Hall–Kier alpha value is -1.18. The molecule has 0 radical (unpaired) electrons. The smallest absolute Gasteiger partial charge is 0.300 e. The van der Waals surface area contributed by atoms with Crippen LogP contribution in [0.2, 0.25) is 0 Å². The van der Waals surface area contributed by atoms with Crippen molar-refractivity contribution in [3.63, 3.8) is 0 Å². The molecular formula is C11H10BrClN4O2. The van der Waals surface area contributed by atoms with E-state index in [9.17, 15) is 9.90 Å². The number of carbonyl (C=O) groups excluding carboxylic acids is 1. The number of hydrogen-bond acceptors (Lipinski definition) is 4. The molecule has 0 aromatic rings. The molecule has 3 heterocycles.